The number of fused-ring (bicyclic) bond motifs is 2. The minimum Gasteiger partial charge on any atom is -0.493 e. The highest BCUT2D eigenvalue weighted by Gasteiger charge is 2.34. The van der Waals surface area contributed by atoms with E-state index in [1.807, 2.05) is 53.1 Å². The predicted molar refractivity (Wildman–Crippen MR) is 125 cm³/mol. The summed E-state index contributed by atoms with van der Waals surface area (Å²) >= 11 is 0. The van der Waals surface area contributed by atoms with Crippen molar-refractivity contribution in [3.8, 4) is 17.3 Å². The van der Waals surface area contributed by atoms with Gasteiger partial charge in [0.05, 0.1) is 43.9 Å². The highest BCUT2D eigenvalue weighted by Crippen LogP contribution is 2.30. The number of nitrogens with zero attached hydrogens (tertiary/aromatic N) is 4. The van der Waals surface area contributed by atoms with E-state index in [1.165, 1.54) is 4.90 Å². The molecule has 0 saturated carbocycles. The molecule has 174 valence electrons. The molecule has 2 aromatic heterocycles. The fourth-order valence-corrected chi connectivity index (χ4v) is 4.24. The van der Waals surface area contributed by atoms with Crippen LogP contribution in [-0.4, -0.2) is 69.6 Å². The average molecular weight is 460 g/mol. The molecule has 34 heavy (non-hydrogen) atoms. The van der Waals surface area contributed by atoms with Crippen LogP contribution in [0, 0.1) is 5.41 Å². The summed E-state index contributed by atoms with van der Waals surface area (Å²) in [6.45, 7) is 4.92. The predicted octanol–water partition coefficient (Wildman–Crippen LogP) is 3.73. The van der Waals surface area contributed by atoms with Crippen molar-refractivity contribution < 1.29 is 24.1 Å². The van der Waals surface area contributed by atoms with Crippen molar-refractivity contribution in [1.29, 1.82) is 0 Å². The smallest absolute Gasteiger partial charge is 0.407 e. The number of rotatable bonds is 6. The minimum atomic E-state index is -0.926. The molecular formula is C25H24N4O5. The number of hydrogen-bond acceptors (Lipinski definition) is 6. The second kappa shape index (κ2) is 7.88. The first kappa shape index (κ1) is 20.7. The first-order valence-corrected chi connectivity index (χ1v) is 11.2. The molecular weight excluding hydrogens is 436 g/mol. The van der Waals surface area contributed by atoms with E-state index in [0.717, 1.165) is 46.7 Å². The molecule has 6 rings (SSSR count). The van der Waals surface area contributed by atoms with Crippen molar-refractivity contribution >= 4 is 28.0 Å². The van der Waals surface area contributed by atoms with Gasteiger partial charge in [-0.1, -0.05) is 19.1 Å². The number of ether oxygens (including phenoxy) is 3. The number of carboxylic acid groups (broad SMARTS) is 1. The summed E-state index contributed by atoms with van der Waals surface area (Å²) < 4.78 is 19.3. The van der Waals surface area contributed by atoms with Gasteiger partial charge in [-0.15, -0.1) is 0 Å². The maximum atomic E-state index is 11.0. The number of likely N-dealkylation sites (tertiary alicyclic amines) is 1. The number of aromatic nitrogens is 3. The number of carbonyl (C=O) groups is 1. The monoisotopic (exact) mass is 460 g/mol. The zero-order valence-electron chi connectivity index (χ0n) is 18.7. The Morgan fingerprint density at radius 1 is 1.21 bits per heavy atom. The van der Waals surface area contributed by atoms with Crippen LogP contribution in [0.3, 0.4) is 0 Å². The van der Waals surface area contributed by atoms with Crippen LogP contribution in [0.4, 0.5) is 4.79 Å². The van der Waals surface area contributed by atoms with Crippen molar-refractivity contribution in [3.05, 3.63) is 54.9 Å². The molecule has 9 nitrogen and oxygen atoms in total. The molecule has 2 saturated heterocycles. The molecule has 0 aliphatic carbocycles. The fraction of sp³-hybridized carbons (Fsp3) is 0.320. The van der Waals surface area contributed by atoms with Gasteiger partial charge in [0.15, 0.2) is 0 Å². The molecule has 0 atom stereocenters. The van der Waals surface area contributed by atoms with Crippen molar-refractivity contribution in [1.82, 2.24) is 19.4 Å². The number of benzene rings is 2. The van der Waals surface area contributed by atoms with E-state index in [0.29, 0.717) is 25.4 Å². The maximum Gasteiger partial charge on any atom is 0.407 e. The maximum absolute atomic E-state index is 11.0. The van der Waals surface area contributed by atoms with Gasteiger partial charge in [-0.3, -0.25) is 4.57 Å². The summed E-state index contributed by atoms with van der Waals surface area (Å²) in [5.41, 5.74) is 2.55. The van der Waals surface area contributed by atoms with E-state index >= 15 is 0 Å². The summed E-state index contributed by atoms with van der Waals surface area (Å²) in [6, 6.07) is 15.6. The third kappa shape index (κ3) is 3.67. The van der Waals surface area contributed by atoms with Gasteiger partial charge in [-0.25, -0.2) is 14.8 Å². The third-order valence-corrected chi connectivity index (χ3v) is 6.33. The summed E-state index contributed by atoms with van der Waals surface area (Å²) in [7, 11) is 0. The van der Waals surface area contributed by atoms with Gasteiger partial charge in [0.1, 0.15) is 35.3 Å². The number of pyridine rings is 1. The van der Waals surface area contributed by atoms with Crippen molar-refractivity contribution in [2.75, 3.05) is 32.9 Å². The number of amides is 1. The molecule has 1 N–H and O–H groups in total. The van der Waals surface area contributed by atoms with Crippen LogP contribution in [-0.2, 0) is 4.74 Å². The second-order valence-electron chi connectivity index (χ2n) is 9.28. The summed E-state index contributed by atoms with van der Waals surface area (Å²) in [6.07, 6.45) is 0.655. The highest BCUT2D eigenvalue weighted by molar-refractivity contribution is 5.86. The standard InChI is InChI=1S/C25H24N4O5/c1-25(12-32-13-25)14-33-17-6-7-20-19(9-17)26-15-29(20)22-8-5-16-3-2-4-21(23(16)27-22)34-18-10-28(11-18)24(30)31/h2-9,15,18H,10-14H2,1H3,(H,30,31). The zero-order valence-corrected chi connectivity index (χ0v) is 18.7. The van der Waals surface area contributed by atoms with Crippen molar-refractivity contribution in [3.63, 3.8) is 0 Å². The van der Waals surface area contributed by atoms with Gasteiger partial charge in [0.2, 0.25) is 0 Å². The largest absolute Gasteiger partial charge is 0.493 e. The Balaban J connectivity index is 1.26. The van der Waals surface area contributed by atoms with Crippen LogP contribution in [0.5, 0.6) is 11.5 Å². The molecule has 4 aromatic rings. The molecule has 0 radical (unpaired) electrons. The lowest BCUT2D eigenvalue weighted by Crippen LogP contribution is -2.55. The van der Waals surface area contributed by atoms with Gasteiger partial charge >= 0.3 is 6.09 Å². The SMILES string of the molecule is CC1(COc2ccc3c(c2)ncn3-c2ccc3cccc(OC4CN(C(=O)O)C4)c3n2)COC1. The molecule has 2 aliphatic rings. The van der Waals surface area contributed by atoms with Crippen LogP contribution >= 0.6 is 0 Å². The molecule has 1 amide bonds. The summed E-state index contributed by atoms with van der Waals surface area (Å²) in [5.74, 6) is 2.14. The van der Waals surface area contributed by atoms with Crippen LogP contribution in [0.1, 0.15) is 6.92 Å². The molecule has 0 spiro atoms. The van der Waals surface area contributed by atoms with Crippen LogP contribution in [0.15, 0.2) is 54.9 Å². The molecule has 0 bridgehead atoms. The zero-order chi connectivity index (χ0) is 23.3. The van der Waals surface area contributed by atoms with E-state index in [-0.39, 0.29) is 11.5 Å². The van der Waals surface area contributed by atoms with Crippen molar-refractivity contribution in [2.24, 2.45) is 5.41 Å². The second-order valence-corrected chi connectivity index (χ2v) is 9.28. The van der Waals surface area contributed by atoms with Gasteiger partial charge in [-0.05, 0) is 30.3 Å². The van der Waals surface area contributed by atoms with E-state index in [1.54, 1.807) is 6.33 Å². The average Bonchev–Trinajstić information content (AvgIpc) is 3.21. The molecule has 2 aromatic carbocycles. The Morgan fingerprint density at radius 2 is 2.06 bits per heavy atom. The lowest BCUT2D eigenvalue weighted by Gasteiger charge is -2.37. The van der Waals surface area contributed by atoms with E-state index in [9.17, 15) is 4.79 Å². The molecule has 2 aliphatic heterocycles. The van der Waals surface area contributed by atoms with Gasteiger partial charge in [0, 0.05) is 16.9 Å². The molecule has 2 fully saturated rings. The van der Waals surface area contributed by atoms with Crippen molar-refractivity contribution in [2.45, 2.75) is 13.0 Å². The lowest BCUT2D eigenvalue weighted by molar-refractivity contribution is -0.120. The van der Waals surface area contributed by atoms with Crippen LogP contribution in [0.25, 0.3) is 27.8 Å². The minimum absolute atomic E-state index is 0.0779. The topological polar surface area (TPSA) is 98.9 Å². The number of imidazole rings is 1. The first-order valence-electron chi connectivity index (χ1n) is 11.2. The first-order chi connectivity index (χ1) is 16.5. The molecule has 4 heterocycles. The fourth-order valence-electron chi connectivity index (χ4n) is 4.24. The van der Waals surface area contributed by atoms with Gasteiger partial charge < -0.3 is 24.2 Å². The summed E-state index contributed by atoms with van der Waals surface area (Å²) in [5, 5.41) is 10.00. The summed E-state index contributed by atoms with van der Waals surface area (Å²) in [4.78, 5) is 21.8. The van der Waals surface area contributed by atoms with E-state index in [4.69, 9.17) is 24.3 Å². The Hall–Kier alpha value is -3.85. The highest BCUT2D eigenvalue weighted by atomic mass is 16.5. The normalized spacial score (nSPS) is 17.4. The van der Waals surface area contributed by atoms with E-state index < -0.39 is 6.09 Å². The van der Waals surface area contributed by atoms with Crippen LogP contribution in [0.2, 0.25) is 0 Å². The Bertz CT molecular complexity index is 1390. The Morgan fingerprint density at radius 3 is 2.82 bits per heavy atom. The Labute approximate surface area is 195 Å². The lowest BCUT2D eigenvalue weighted by atomic mass is 9.90. The molecule has 0 unspecified atom stereocenters. The van der Waals surface area contributed by atoms with E-state index in [2.05, 4.69) is 11.9 Å². The number of para-hydroxylation sites is 1. The van der Waals surface area contributed by atoms with Gasteiger partial charge in [0.25, 0.3) is 0 Å². The quantitative estimate of drug-likeness (QED) is 0.468. The van der Waals surface area contributed by atoms with Crippen LogP contribution < -0.4 is 9.47 Å². The Kier molecular flexibility index (Phi) is 4.80. The van der Waals surface area contributed by atoms with Gasteiger partial charge in [-0.2, -0.15) is 0 Å². The molecule has 9 heteroatoms. The number of hydrogen-bond donors (Lipinski definition) is 1. The third-order valence-electron chi connectivity index (χ3n) is 6.33.